The molecule has 5 heteroatoms. The molecule has 0 atom stereocenters. The summed E-state index contributed by atoms with van der Waals surface area (Å²) < 4.78 is 18.4. The van der Waals surface area contributed by atoms with E-state index in [2.05, 4.69) is 0 Å². The maximum Gasteiger partial charge on any atom is 0.138 e. The second-order valence-electron chi connectivity index (χ2n) is 4.44. The molecule has 0 saturated heterocycles. The highest BCUT2D eigenvalue weighted by Crippen LogP contribution is 2.24. The fourth-order valence-electron chi connectivity index (χ4n) is 1.74. The highest BCUT2D eigenvalue weighted by molar-refractivity contribution is 6.32. The summed E-state index contributed by atoms with van der Waals surface area (Å²) in [6.07, 6.45) is 0. The summed E-state index contributed by atoms with van der Waals surface area (Å²) in [6, 6.07) is 11.7. The molecule has 0 saturated carbocycles. The number of anilines is 2. The van der Waals surface area contributed by atoms with E-state index < -0.39 is 0 Å². The lowest BCUT2D eigenvalue weighted by atomic mass is 10.2. The van der Waals surface area contributed by atoms with Gasteiger partial charge in [0.25, 0.3) is 0 Å². The van der Waals surface area contributed by atoms with Gasteiger partial charge in [-0.25, -0.2) is 4.39 Å². The van der Waals surface area contributed by atoms with E-state index >= 15 is 0 Å². The standard InChI is InChI=1S/C15H16ClFN2O/c1-19(13-5-3-12(18)4-6-13)8-9-20-15-7-2-11(17)10-14(15)16/h2-7,10H,8-9,18H2,1H3. The van der Waals surface area contributed by atoms with Gasteiger partial charge in [-0.05, 0) is 42.5 Å². The summed E-state index contributed by atoms with van der Waals surface area (Å²) in [7, 11) is 1.96. The van der Waals surface area contributed by atoms with Crippen molar-refractivity contribution in [3.63, 3.8) is 0 Å². The third-order valence-electron chi connectivity index (χ3n) is 2.91. The summed E-state index contributed by atoms with van der Waals surface area (Å²) in [5.74, 6) is 0.111. The zero-order valence-electron chi connectivity index (χ0n) is 11.1. The molecule has 2 rings (SSSR count). The fraction of sp³-hybridized carbons (Fsp3) is 0.200. The number of likely N-dealkylation sites (N-methyl/N-ethyl adjacent to an activating group) is 1. The Morgan fingerprint density at radius 2 is 1.90 bits per heavy atom. The molecule has 0 bridgehead atoms. The molecule has 2 N–H and O–H groups in total. The molecule has 106 valence electrons. The van der Waals surface area contributed by atoms with Gasteiger partial charge in [0.1, 0.15) is 18.2 Å². The average molecular weight is 295 g/mol. The van der Waals surface area contributed by atoms with Gasteiger partial charge in [0.15, 0.2) is 0 Å². The largest absolute Gasteiger partial charge is 0.490 e. The van der Waals surface area contributed by atoms with E-state index in [9.17, 15) is 4.39 Å². The Balaban J connectivity index is 1.87. The fourth-order valence-corrected chi connectivity index (χ4v) is 1.96. The highest BCUT2D eigenvalue weighted by Gasteiger charge is 2.04. The van der Waals surface area contributed by atoms with Crippen molar-refractivity contribution in [3.05, 3.63) is 53.3 Å². The number of hydrogen-bond acceptors (Lipinski definition) is 3. The molecule has 0 spiro atoms. The Labute approximate surface area is 122 Å². The Kier molecular flexibility index (Phi) is 4.69. The molecule has 0 aliphatic rings. The first kappa shape index (κ1) is 14.5. The number of nitrogen functional groups attached to an aromatic ring is 1. The normalized spacial score (nSPS) is 10.3. The number of hydrogen-bond donors (Lipinski definition) is 1. The minimum atomic E-state index is -0.374. The molecule has 0 unspecified atom stereocenters. The second-order valence-corrected chi connectivity index (χ2v) is 4.84. The van der Waals surface area contributed by atoms with E-state index in [1.807, 2.05) is 36.2 Å². The van der Waals surface area contributed by atoms with Crippen LogP contribution >= 0.6 is 11.6 Å². The molecule has 0 fully saturated rings. The van der Waals surface area contributed by atoms with Crippen LogP contribution in [0.2, 0.25) is 5.02 Å². The van der Waals surface area contributed by atoms with Gasteiger partial charge in [-0.3, -0.25) is 0 Å². The Morgan fingerprint density at radius 3 is 2.55 bits per heavy atom. The van der Waals surface area contributed by atoms with E-state index in [0.29, 0.717) is 18.9 Å². The molecule has 0 aliphatic heterocycles. The molecule has 0 heterocycles. The quantitative estimate of drug-likeness (QED) is 0.857. The van der Waals surface area contributed by atoms with Crippen LogP contribution in [0.1, 0.15) is 0 Å². The molecule has 0 aliphatic carbocycles. The van der Waals surface area contributed by atoms with Crippen molar-refractivity contribution in [2.24, 2.45) is 0 Å². The van der Waals surface area contributed by atoms with E-state index in [4.69, 9.17) is 22.1 Å². The first-order valence-electron chi connectivity index (χ1n) is 6.21. The molecule has 2 aromatic carbocycles. The number of ether oxygens (including phenoxy) is 1. The lowest BCUT2D eigenvalue weighted by Crippen LogP contribution is -2.23. The first-order valence-corrected chi connectivity index (χ1v) is 6.58. The molecule has 3 nitrogen and oxygen atoms in total. The minimum Gasteiger partial charge on any atom is -0.490 e. The maximum absolute atomic E-state index is 12.9. The monoisotopic (exact) mass is 294 g/mol. The van der Waals surface area contributed by atoms with Crippen LogP contribution in [0.4, 0.5) is 15.8 Å². The number of halogens is 2. The number of nitrogens with two attached hydrogens (primary N) is 1. The van der Waals surface area contributed by atoms with Crippen LogP contribution in [0, 0.1) is 5.82 Å². The minimum absolute atomic E-state index is 0.278. The van der Waals surface area contributed by atoms with Crippen LogP contribution in [-0.2, 0) is 0 Å². The third kappa shape index (κ3) is 3.78. The highest BCUT2D eigenvalue weighted by atomic mass is 35.5. The van der Waals surface area contributed by atoms with Crippen molar-refractivity contribution in [3.8, 4) is 5.75 Å². The lowest BCUT2D eigenvalue weighted by molar-refractivity contribution is 0.325. The maximum atomic E-state index is 12.9. The molecule has 2 aromatic rings. The third-order valence-corrected chi connectivity index (χ3v) is 3.21. The van der Waals surface area contributed by atoms with E-state index in [-0.39, 0.29) is 10.8 Å². The number of rotatable bonds is 5. The smallest absolute Gasteiger partial charge is 0.138 e. The average Bonchev–Trinajstić information content (AvgIpc) is 2.42. The summed E-state index contributed by atoms with van der Waals surface area (Å²) in [5, 5.41) is 0.278. The van der Waals surface area contributed by atoms with Crippen LogP contribution in [0.25, 0.3) is 0 Å². The van der Waals surface area contributed by atoms with E-state index in [1.165, 1.54) is 18.2 Å². The van der Waals surface area contributed by atoms with Gasteiger partial charge in [0, 0.05) is 18.4 Å². The molecule has 0 amide bonds. The predicted octanol–water partition coefficient (Wildman–Crippen LogP) is 3.58. The van der Waals surface area contributed by atoms with Gasteiger partial charge in [0.05, 0.1) is 11.6 Å². The van der Waals surface area contributed by atoms with Crippen LogP contribution in [-0.4, -0.2) is 20.2 Å². The van der Waals surface area contributed by atoms with Crippen molar-refractivity contribution < 1.29 is 9.13 Å². The van der Waals surface area contributed by atoms with Gasteiger partial charge in [-0.2, -0.15) is 0 Å². The van der Waals surface area contributed by atoms with Gasteiger partial charge in [0.2, 0.25) is 0 Å². The number of nitrogens with zero attached hydrogens (tertiary/aromatic N) is 1. The SMILES string of the molecule is CN(CCOc1ccc(F)cc1Cl)c1ccc(N)cc1. The molecule has 0 aromatic heterocycles. The first-order chi connectivity index (χ1) is 9.56. The van der Waals surface area contributed by atoms with Gasteiger partial charge >= 0.3 is 0 Å². The Morgan fingerprint density at radius 1 is 1.20 bits per heavy atom. The van der Waals surface area contributed by atoms with Crippen molar-refractivity contribution in [2.75, 3.05) is 30.8 Å². The molecule has 0 radical (unpaired) electrons. The molecular weight excluding hydrogens is 279 g/mol. The molecule has 20 heavy (non-hydrogen) atoms. The number of benzene rings is 2. The van der Waals surface area contributed by atoms with E-state index in [0.717, 1.165) is 11.4 Å². The Bertz CT molecular complexity index is 575. The van der Waals surface area contributed by atoms with Gasteiger partial charge < -0.3 is 15.4 Å². The van der Waals surface area contributed by atoms with E-state index in [1.54, 1.807) is 0 Å². The van der Waals surface area contributed by atoms with Crippen LogP contribution in [0.15, 0.2) is 42.5 Å². The van der Waals surface area contributed by atoms with Crippen molar-refractivity contribution in [2.45, 2.75) is 0 Å². The second kappa shape index (κ2) is 6.48. The van der Waals surface area contributed by atoms with Crippen LogP contribution in [0.5, 0.6) is 5.75 Å². The summed E-state index contributed by atoms with van der Waals surface area (Å²) in [4.78, 5) is 2.04. The summed E-state index contributed by atoms with van der Waals surface area (Å²) in [5.41, 5.74) is 7.43. The predicted molar refractivity (Wildman–Crippen MR) is 81.0 cm³/mol. The Hall–Kier alpha value is -1.94. The van der Waals surface area contributed by atoms with Crippen LogP contribution < -0.4 is 15.4 Å². The van der Waals surface area contributed by atoms with Crippen molar-refractivity contribution in [1.82, 2.24) is 0 Å². The van der Waals surface area contributed by atoms with Crippen LogP contribution in [0.3, 0.4) is 0 Å². The lowest BCUT2D eigenvalue weighted by Gasteiger charge is -2.19. The van der Waals surface area contributed by atoms with Crippen molar-refractivity contribution >= 4 is 23.0 Å². The topological polar surface area (TPSA) is 38.5 Å². The summed E-state index contributed by atoms with van der Waals surface area (Å²) in [6.45, 7) is 1.13. The molecular formula is C15H16ClFN2O. The zero-order chi connectivity index (χ0) is 14.5. The van der Waals surface area contributed by atoms with Gasteiger partial charge in [-0.15, -0.1) is 0 Å². The van der Waals surface area contributed by atoms with Crippen molar-refractivity contribution in [1.29, 1.82) is 0 Å². The van der Waals surface area contributed by atoms with Gasteiger partial charge in [-0.1, -0.05) is 11.6 Å². The summed E-state index contributed by atoms with van der Waals surface area (Å²) >= 11 is 5.89. The zero-order valence-corrected chi connectivity index (χ0v) is 11.9.